The third-order valence-corrected chi connectivity index (χ3v) is 4.66. The molecule has 0 aromatic carbocycles. The third-order valence-electron chi connectivity index (χ3n) is 4.66. The summed E-state index contributed by atoms with van der Waals surface area (Å²) >= 11 is 0. The van der Waals surface area contributed by atoms with E-state index in [-0.39, 0.29) is 5.69 Å². The Kier molecular flexibility index (Phi) is 6.43. The lowest BCUT2D eigenvalue weighted by atomic mass is 10.2. The Balaban J connectivity index is 1.72. The van der Waals surface area contributed by atoms with E-state index in [9.17, 15) is 4.79 Å². The second kappa shape index (κ2) is 9.77. The van der Waals surface area contributed by atoms with Crippen LogP contribution in [0.1, 0.15) is 10.5 Å². The SMILES string of the molecule is CNC(=O)c1nnc(Nc2cc(OC)ccn2)cc1Nc1nccc(-c2ncn(C)n2)c1OC. The van der Waals surface area contributed by atoms with Gasteiger partial charge >= 0.3 is 0 Å². The van der Waals surface area contributed by atoms with Crippen molar-refractivity contribution >= 4 is 29.0 Å². The van der Waals surface area contributed by atoms with Gasteiger partial charge in [0.2, 0.25) is 0 Å². The summed E-state index contributed by atoms with van der Waals surface area (Å²) in [4.78, 5) is 25.3. The molecule has 4 aromatic heterocycles. The number of methoxy groups -OCH3 is 2. The van der Waals surface area contributed by atoms with Crippen LogP contribution >= 0.6 is 0 Å². The maximum atomic E-state index is 12.4. The minimum absolute atomic E-state index is 0.0665. The third kappa shape index (κ3) is 4.67. The number of carbonyl (C=O) groups is 1. The second-order valence-corrected chi connectivity index (χ2v) is 6.88. The molecule has 0 radical (unpaired) electrons. The zero-order valence-electron chi connectivity index (χ0n) is 18.9. The largest absolute Gasteiger partial charge is 0.497 e. The lowest BCUT2D eigenvalue weighted by Crippen LogP contribution is -2.21. The molecule has 4 aromatic rings. The van der Waals surface area contributed by atoms with Crippen LogP contribution in [-0.2, 0) is 7.05 Å². The van der Waals surface area contributed by atoms with Crippen molar-refractivity contribution in [2.45, 2.75) is 0 Å². The standard InChI is InChI=1S/C21H22N10O3/c1-22-21(32)17-14(10-16(28-29-17)27-15-9-12(33-3)5-7-23-15)26-20-18(34-4)13(6-8-24-20)19-25-11-31(2)30-19/h5-11H,1-4H3,(H,22,32)(H2,23,24,26,27,28). The van der Waals surface area contributed by atoms with E-state index in [0.717, 1.165) is 0 Å². The Bertz CT molecular complexity index is 1320. The number of hydrogen-bond acceptors (Lipinski definition) is 11. The highest BCUT2D eigenvalue weighted by Gasteiger charge is 2.20. The maximum absolute atomic E-state index is 12.4. The molecule has 0 spiro atoms. The van der Waals surface area contributed by atoms with Gasteiger partial charge in [0.05, 0.1) is 25.5 Å². The fourth-order valence-electron chi connectivity index (χ4n) is 3.08. The van der Waals surface area contributed by atoms with Crippen LogP contribution in [0.25, 0.3) is 11.4 Å². The molecule has 0 atom stereocenters. The minimum atomic E-state index is -0.428. The lowest BCUT2D eigenvalue weighted by molar-refractivity contribution is 0.0958. The van der Waals surface area contributed by atoms with Crippen molar-refractivity contribution in [2.75, 3.05) is 31.9 Å². The van der Waals surface area contributed by atoms with Gasteiger partial charge in [0.25, 0.3) is 5.91 Å². The molecule has 0 saturated carbocycles. The number of hydrogen-bond donors (Lipinski definition) is 3. The van der Waals surface area contributed by atoms with Crippen LogP contribution in [0.4, 0.5) is 23.1 Å². The van der Waals surface area contributed by atoms with Gasteiger partial charge in [0.15, 0.2) is 28.9 Å². The summed E-state index contributed by atoms with van der Waals surface area (Å²) in [6, 6.07) is 6.78. The summed E-state index contributed by atoms with van der Waals surface area (Å²) in [6.07, 6.45) is 4.77. The Morgan fingerprint density at radius 2 is 1.79 bits per heavy atom. The quantitative estimate of drug-likeness (QED) is 0.352. The predicted molar refractivity (Wildman–Crippen MR) is 124 cm³/mol. The number of anilines is 4. The second-order valence-electron chi connectivity index (χ2n) is 6.88. The van der Waals surface area contributed by atoms with Crippen LogP contribution in [0.15, 0.2) is 43.0 Å². The van der Waals surface area contributed by atoms with Crippen LogP contribution in [-0.4, -0.2) is 62.1 Å². The molecule has 0 saturated heterocycles. The number of ether oxygens (including phenoxy) is 2. The number of aromatic nitrogens is 7. The highest BCUT2D eigenvalue weighted by Crippen LogP contribution is 2.35. The van der Waals surface area contributed by atoms with Crippen molar-refractivity contribution in [3.8, 4) is 22.9 Å². The first-order valence-corrected chi connectivity index (χ1v) is 10.0. The molecule has 3 N–H and O–H groups in total. The maximum Gasteiger partial charge on any atom is 0.273 e. The first-order chi connectivity index (χ1) is 16.5. The molecule has 174 valence electrons. The van der Waals surface area contributed by atoms with E-state index < -0.39 is 5.91 Å². The number of nitrogens with one attached hydrogen (secondary N) is 3. The normalized spacial score (nSPS) is 10.5. The minimum Gasteiger partial charge on any atom is -0.497 e. The van der Waals surface area contributed by atoms with Crippen molar-refractivity contribution in [2.24, 2.45) is 7.05 Å². The van der Waals surface area contributed by atoms with Gasteiger partial charge in [0, 0.05) is 38.6 Å². The van der Waals surface area contributed by atoms with Crippen LogP contribution in [0.2, 0.25) is 0 Å². The van der Waals surface area contributed by atoms with Crippen molar-refractivity contribution in [1.29, 1.82) is 0 Å². The molecule has 1 amide bonds. The molecule has 4 rings (SSSR count). The molecule has 0 aliphatic carbocycles. The number of rotatable bonds is 8. The van der Waals surface area contributed by atoms with E-state index in [1.54, 1.807) is 61.8 Å². The lowest BCUT2D eigenvalue weighted by Gasteiger charge is -2.15. The molecule has 0 unspecified atom stereocenters. The fourth-order valence-corrected chi connectivity index (χ4v) is 3.08. The van der Waals surface area contributed by atoms with Gasteiger partial charge < -0.3 is 25.4 Å². The Hall–Kier alpha value is -4.81. The Morgan fingerprint density at radius 1 is 0.971 bits per heavy atom. The van der Waals surface area contributed by atoms with E-state index in [4.69, 9.17) is 9.47 Å². The zero-order chi connectivity index (χ0) is 24.1. The Labute approximate surface area is 194 Å². The number of pyridine rings is 2. The molecule has 0 bridgehead atoms. The first-order valence-electron chi connectivity index (χ1n) is 10.0. The van der Waals surface area contributed by atoms with Crippen LogP contribution in [0, 0.1) is 0 Å². The van der Waals surface area contributed by atoms with Crippen LogP contribution < -0.4 is 25.4 Å². The fraction of sp³-hybridized carbons (Fsp3) is 0.190. The molecule has 0 aliphatic rings. The zero-order valence-corrected chi connectivity index (χ0v) is 18.9. The highest BCUT2D eigenvalue weighted by atomic mass is 16.5. The monoisotopic (exact) mass is 462 g/mol. The van der Waals surface area contributed by atoms with Crippen molar-refractivity contribution in [1.82, 2.24) is 40.2 Å². The van der Waals surface area contributed by atoms with Gasteiger partial charge in [-0.2, -0.15) is 5.10 Å². The smallest absolute Gasteiger partial charge is 0.273 e. The van der Waals surface area contributed by atoms with Gasteiger partial charge in [0.1, 0.15) is 17.9 Å². The molecule has 13 heteroatoms. The highest BCUT2D eigenvalue weighted by molar-refractivity contribution is 5.98. The molecular weight excluding hydrogens is 440 g/mol. The van der Waals surface area contributed by atoms with Crippen molar-refractivity contribution in [3.63, 3.8) is 0 Å². The molecule has 13 nitrogen and oxygen atoms in total. The van der Waals surface area contributed by atoms with Crippen LogP contribution in [0.5, 0.6) is 11.5 Å². The van der Waals surface area contributed by atoms with Gasteiger partial charge in [-0.3, -0.25) is 9.48 Å². The average Bonchev–Trinajstić information content (AvgIpc) is 3.29. The summed E-state index contributed by atoms with van der Waals surface area (Å²) in [5, 5.41) is 21.2. The molecule has 4 heterocycles. The number of amides is 1. The Morgan fingerprint density at radius 3 is 2.50 bits per heavy atom. The molecular formula is C21H22N10O3. The molecule has 0 aliphatic heterocycles. The average molecular weight is 462 g/mol. The van der Waals surface area contributed by atoms with Gasteiger partial charge in [-0.15, -0.1) is 10.2 Å². The molecule has 34 heavy (non-hydrogen) atoms. The van der Waals surface area contributed by atoms with E-state index in [1.165, 1.54) is 14.2 Å². The molecule has 0 fully saturated rings. The van der Waals surface area contributed by atoms with Crippen molar-refractivity contribution < 1.29 is 14.3 Å². The summed E-state index contributed by atoms with van der Waals surface area (Å²) in [5.41, 5.74) is 1.04. The van der Waals surface area contributed by atoms with Gasteiger partial charge in [-0.05, 0) is 12.1 Å². The summed E-state index contributed by atoms with van der Waals surface area (Å²) in [6.45, 7) is 0. The number of carbonyl (C=O) groups excluding carboxylic acids is 1. The van der Waals surface area contributed by atoms with Crippen LogP contribution in [0.3, 0.4) is 0 Å². The first kappa shape index (κ1) is 22.4. The van der Waals surface area contributed by atoms with E-state index >= 15 is 0 Å². The van der Waals surface area contributed by atoms with E-state index in [1.807, 2.05) is 0 Å². The van der Waals surface area contributed by atoms with Gasteiger partial charge in [-0.1, -0.05) is 0 Å². The summed E-state index contributed by atoms with van der Waals surface area (Å²) < 4.78 is 12.4. The van der Waals surface area contributed by atoms with Crippen molar-refractivity contribution in [3.05, 3.63) is 48.7 Å². The number of nitrogens with zero attached hydrogens (tertiary/aromatic N) is 7. The predicted octanol–water partition coefficient (Wildman–Crippen LogP) is 1.93. The number of aryl methyl sites for hydroxylation is 1. The topological polar surface area (TPSA) is 154 Å². The van der Waals surface area contributed by atoms with E-state index in [2.05, 4.69) is 46.2 Å². The van der Waals surface area contributed by atoms with E-state index in [0.29, 0.717) is 46.0 Å². The summed E-state index contributed by atoms with van der Waals surface area (Å²) in [5.74, 6) is 2.25. The summed E-state index contributed by atoms with van der Waals surface area (Å²) in [7, 11) is 6.36. The van der Waals surface area contributed by atoms with Gasteiger partial charge in [-0.25, -0.2) is 15.0 Å².